The first-order valence-electron chi connectivity index (χ1n) is 7.88. The van der Waals surface area contributed by atoms with E-state index in [4.69, 9.17) is 5.26 Å². The van der Waals surface area contributed by atoms with Gasteiger partial charge in [0.2, 0.25) is 5.91 Å². The van der Waals surface area contributed by atoms with Crippen LogP contribution in [-0.2, 0) is 4.79 Å². The van der Waals surface area contributed by atoms with Gasteiger partial charge in [-0.3, -0.25) is 4.79 Å². The van der Waals surface area contributed by atoms with Gasteiger partial charge in [0.25, 0.3) is 0 Å². The summed E-state index contributed by atoms with van der Waals surface area (Å²) in [5.41, 5.74) is 6.26. The van der Waals surface area contributed by atoms with Crippen molar-refractivity contribution in [2.75, 3.05) is 5.32 Å². The number of thioether (sulfide) groups is 1. The molecule has 0 aromatic heterocycles. The van der Waals surface area contributed by atoms with E-state index in [-0.39, 0.29) is 11.2 Å². The van der Waals surface area contributed by atoms with E-state index in [1.165, 1.54) is 27.1 Å². The summed E-state index contributed by atoms with van der Waals surface area (Å²) in [7, 11) is 0. The summed E-state index contributed by atoms with van der Waals surface area (Å²) in [6.07, 6.45) is 0. The van der Waals surface area contributed by atoms with Gasteiger partial charge in [-0.1, -0.05) is 6.07 Å². The summed E-state index contributed by atoms with van der Waals surface area (Å²) in [4.78, 5) is 13.7. The second-order valence-electron chi connectivity index (χ2n) is 6.03. The first-order valence-corrected chi connectivity index (χ1v) is 8.76. The van der Waals surface area contributed by atoms with Gasteiger partial charge in [-0.05, 0) is 81.1 Å². The second-order valence-corrected chi connectivity index (χ2v) is 7.38. The molecule has 0 bridgehead atoms. The number of aryl methyl sites for hydroxylation is 2. The number of carbonyl (C=O) groups excluding carboxylic acids is 1. The highest BCUT2D eigenvalue weighted by Gasteiger charge is 2.18. The molecule has 24 heavy (non-hydrogen) atoms. The lowest BCUT2D eigenvalue weighted by Gasteiger charge is -2.18. The Morgan fingerprint density at radius 2 is 1.62 bits per heavy atom. The standard InChI is InChI=1S/C20H22N2OS/c1-12-10-13(2)15(4)19(14(12)3)24-16(5)20(23)22-18-8-6-17(11-21)7-9-18/h6-10,16H,1-5H3,(H,22,23)/t16-/m0/s1. The first kappa shape index (κ1) is 18.1. The van der Waals surface area contributed by atoms with Crippen LogP contribution in [0.3, 0.4) is 0 Å². The van der Waals surface area contributed by atoms with Gasteiger partial charge in [-0.25, -0.2) is 0 Å². The molecule has 1 atom stereocenters. The van der Waals surface area contributed by atoms with E-state index in [0.29, 0.717) is 11.3 Å². The second kappa shape index (κ2) is 7.55. The average Bonchev–Trinajstić information content (AvgIpc) is 2.57. The van der Waals surface area contributed by atoms with Crippen LogP contribution in [0.15, 0.2) is 35.2 Å². The molecule has 0 spiro atoms. The van der Waals surface area contributed by atoms with Crippen LogP contribution in [0.5, 0.6) is 0 Å². The monoisotopic (exact) mass is 338 g/mol. The molecule has 0 aliphatic heterocycles. The van der Waals surface area contributed by atoms with Crippen LogP contribution in [-0.4, -0.2) is 11.2 Å². The molecule has 3 nitrogen and oxygen atoms in total. The Morgan fingerprint density at radius 1 is 1.08 bits per heavy atom. The predicted octanol–water partition coefficient (Wildman–Crippen LogP) is 4.91. The van der Waals surface area contributed by atoms with E-state index in [9.17, 15) is 4.79 Å². The van der Waals surface area contributed by atoms with Crippen molar-refractivity contribution in [1.82, 2.24) is 0 Å². The van der Waals surface area contributed by atoms with Crippen LogP contribution in [0.25, 0.3) is 0 Å². The fraction of sp³-hybridized carbons (Fsp3) is 0.300. The van der Waals surface area contributed by atoms with E-state index >= 15 is 0 Å². The molecule has 1 N–H and O–H groups in total. The highest BCUT2D eigenvalue weighted by Crippen LogP contribution is 2.33. The molecule has 124 valence electrons. The number of benzene rings is 2. The van der Waals surface area contributed by atoms with Crippen LogP contribution >= 0.6 is 11.8 Å². The van der Waals surface area contributed by atoms with Crippen LogP contribution in [0.2, 0.25) is 0 Å². The number of carbonyl (C=O) groups is 1. The van der Waals surface area contributed by atoms with Crippen molar-refractivity contribution in [3.63, 3.8) is 0 Å². The van der Waals surface area contributed by atoms with Crippen molar-refractivity contribution in [3.8, 4) is 6.07 Å². The summed E-state index contributed by atoms with van der Waals surface area (Å²) < 4.78 is 0. The van der Waals surface area contributed by atoms with Crippen LogP contribution < -0.4 is 5.32 Å². The van der Waals surface area contributed by atoms with Crippen LogP contribution in [0, 0.1) is 39.0 Å². The molecule has 2 rings (SSSR count). The third-order valence-electron chi connectivity index (χ3n) is 4.24. The smallest absolute Gasteiger partial charge is 0.237 e. The molecular weight excluding hydrogens is 316 g/mol. The number of hydrogen-bond donors (Lipinski definition) is 1. The predicted molar refractivity (Wildman–Crippen MR) is 100 cm³/mol. The highest BCUT2D eigenvalue weighted by molar-refractivity contribution is 8.00. The van der Waals surface area contributed by atoms with Crippen LogP contribution in [0.4, 0.5) is 5.69 Å². The van der Waals surface area contributed by atoms with Gasteiger partial charge < -0.3 is 5.32 Å². The van der Waals surface area contributed by atoms with E-state index in [1.54, 1.807) is 36.0 Å². The molecule has 0 saturated heterocycles. The summed E-state index contributed by atoms with van der Waals surface area (Å²) in [5.74, 6) is -0.0392. The SMILES string of the molecule is Cc1cc(C)c(C)c(S[C@@H](C)C(=O)Nc2ccc(C#N)cc2)c1C. The lowest BCUT2D eigenvalue weighted by Crippen LogP contribution is -2.22. The van der Waals surface area contributed by atoms with Gasteiger partial charge in [-0.2, -0.15) is 5.26 Å². The van der Waals surface area contributed by atoms with Crippen molar-refractivity contribution in [1.29, 1.82) is 5.26 Å². The van der Waals surface area contributed by atoms with Crippen LogP contribution in [0.1, 0.15) is 34.7 Å². The zero-order valence-corrected chi connectivity index (χ0v) is 15.5. The fourth-order valence-corrected chi connectivity index (χ4v) is 3.65. The number of amides is 1. The van der Waals surface area contributed by atoms with Crippen molar-refractivity contribution in [2.45, 2.75) is 44.8 Å². The van der Waals surface area contributed by atoms with Gasteiger partial charge in [-0.15, -0.1) is 11.8 Å². The third kappa shape index (κ3) is 3.98. The third-order valence-corrected chi connectivity index (χ3v) is 5.66. The molecule has 2 aromatic rings. The van der Waals surface area contributed by atoms with Gasteiger partial charge >= 0.3 is 0 Å². The molecule has 0 heterocycles. The molecule has 0 aliphatic rings. The highest BCUT2D eigenvalue weighted by atomic mass is 32.2. The van der Waals surface area contributed by atoms with Crippen molar-refractivity contribution in [3.05, 3.63) is 58.1 Å². The Hall–Kier alpha value is -2.25. The minimum absolute atomic E-state index is 0.0392. The first-order chi connectivity index (χ1) is 11.3. The molecular formula is C20H22N2OS. The van der Waals surface area contributed by atoms with Crippen molar-refractivity contribution >= 4 is 23.4 Å². The number of rotatable bonds is 4. The number of nitriles is 1. The molecule has 4 heteroatoms. The number of hydrogen-bond acceptors (Lipinski definition) is 3. The minimum Gasteiger partial charge on any atom is -0.325 e. The minimum atomic E-state index is -0.209. The zero-order valence-electron chi connectivity index (χ0n) is 14.7. The molecule has 1 amide bonds. The van der Waals surface area contributed by atoms with Crippen molar-refractivity contribution < 1.29 is 4.79 Å². The van der Waals surface area contributed by atoms with Gasteiger partial charge in [0, 0.05) is 10.6 Å². The van der Waals surface area contributed by atoms with Gasteiger partial charge in [0.1, 0.15) is 0 Å². The maximum atomic E-state index is 12.5. The quantitative estimate of drug-likeness (QED) is 0.806. The van der Waals surface area contributed by atoms with Crippen molar-refractivity contribution in [2.24, 2.45) is 0 Å². The average molecular weight is 338 g/mol. The molecule has 0 unspecified atom stereocenters. The molecule has 0 radical (unpaired) electrons. The number of nitrogens with zero attached hydrogens (tertiary/aromatic N) is 1. The molecule has 0 aliphatic carbocycles. The maximum absolute atomic E-state index is 12.5. The summed E-state index contributed by atoms with van der Waals surface area (Å²) in [6, 6.07) is 11.2. The van der Waals surface area contributed by atoms with Gasteiger partial charge in [0.15, 0.2) is 0 Å². The normalized spacial score (nSPS) is 11.7. The summed E-state index contributed by atoms with van der Waals surface area (Å²) >= 11 is 1.60. The number of anilines is 1. The molecule has 0 fully saturated rings. The zero-order chi connectivity index (χ0) is 17.9. The summed E-state index contributed by atoms with van der Waals surface area (Å²) in [5, 5.41) is 11.5. The number of nitrogens with one attached hydrogen (secondary N) is 1. The molecule has 2 aromatic carbocycles. The lowest BCUT2D eigenvalue weighted by atomic mass is 10.0. The lowest BCUT2D eigenvalue weighted by molar-refractivity contribution is -0.115. The van der Waals surface area contributed by atoms with E-state index < -0.39 is 0 Å². The fourth-order valence-electron chi connectivity index (χ4n) is 2.46. The Labute approximate surface area is 148 Å². The Bertz CT molecular complexity index is 778. The van der Waals surface area contributed by atoms with Gasteiger partial charge in [0.05, 0.1) is 16.9 Å². The largest absolute Gasteiger partial charge is 0.325 e. The summed E-state index contributed by atoms with van der Waals surface area (Å²) in [6.45, 7) is 10.3. The maximum Gasteiger partial charge on any atom is 0.237 e. The topological polar surface area (TPSA) is 52.9 Å². The Balaban J connectivity index is 2.13. The van der Waals surface area contributed by atoms with E-state index in [1.807, 2.05) is 6.92 Å². The molecule has 0 saturated carbocycles. The Morgan fingerprint density at radius 3 is 2.12 bits per heavy atom. The Kier molecular flexibility index (Phi) is 5.69. The van der Waals surface area contributed by atoms with E-state index in [2.05, 4.69) is 45.1 Å². The van der Waals surface area contributed by atoms with E-state index in [0.717, 1.165) is 0 Å².